The molecule has 0 heterocycles. The maximum absolute atomic E-state index is 13.1. The quantitative estimate of drug-likeness (QED) is 0.595. The molecule has 10 heteroatoms. The standard InChI is InChI=1S/C17H23ClF3N3O3/c1-4-23(8-7-22-2)12-5-6-13(15(18)25)14(11-12)24(9-10-27-3)16(26)17(19,20)21/h5-6,11,22H,4,7-10H2,1-3H3/p+1. The Balaban J connectivity index is 3.45. The number of ether oxygens (including phenoxy) is 1. The monoisotopic (exact) mass is 410 g/mol. The summed E-state index contributed by atoms with van der Waals surface area (Å²) in [5.41, 5.74) is 0.228. The Kier molecular flexibility index (Phi) is 9.01. The van der Waals surface area contributed by atoms with Crippen LogP contribution in [0.25, 0.3) is 0 Å². The molecule has 0 spiro atoms. The van der Waals surface area contributed by atoms with E-state index >= 15 is 0 Å². The number of quaternary nitrogens is 1. The molecule has 0 atom stereocenters. The fraction of sp³-hybridized carbons (Fsp3) is 0.529. The van der Waals surface area contributed by atoms with Gasteiger partial charge in [-0.15, -0.1) is 0 Å². The van der Waals surface area contributed by atoms with Crippen LogP contribution in [0.5, 0.6) is 0 Å². The van der Waals surface area contributed by atoms with E-state index < -0.39 is 17.3 Å². The Bertz CT molecular complexity index is 656. The number of anilines is 2. The van der Waals surface area contributed by atoms with Gasteiger partial charge in [0.15, 0.2) is 0 Å². The Morgan fingerprint density at radius 1 is 1.26 bits per heavy atom. The van der Waals surface area contributed by atoms with E-state index in [1.807, 2.05) is 24.2 Å². The van der Waals surface area contributed by atoms with Crippen molar-refractivity contribution in [3.63, 3.8) is 0 Å². The zero-order chi connectivity index (χ0) is 20.6. The number of likely N-dealkylation sites (N-methyl/N-ethyl adjacent to an activating group) is 2. The molecule has 0 bridgehead atoms. The molecule has 152 valence electrons. The highest BCUT2D eigenvalue weighted by atomic mass is 35.5. The molecule has 0 aliphatic carbocycles. The first kappa shape index (κ1) is 23.2. The van der Waals surface area contributed by atoms with Gasteiger partial charge in [-0.25, -0.2) is 0 Å². The summed E-state index contributed by atoms with van der Waals surface area (Å²) in [6.07, 6.45) is -5.10. The van der Waals surface area contributed by atoms with E-state index in [4.69, 9.17) is 16.3 Å². The van der Waals surface area contributed by atoms with Crippen LogP contribution in [-0.2, 0) is 9.53 Å². The first-order valence-corrected chi connectivity index (χ1v) is 8.79. The summed E-state index contributed by atoms with van der Waals surface area (Å²) in [5.74, 6) is -2.08. The first-order chi connectivity index (χ1) is 12.7. The number of hydrogen-bond acceptors (Lipinski definition) is 4. The van der Waals surface area contributed by atoms with Crippen molar-refractivity contribution in [1.29, 1.82) is 0 Å². The summed E-state index contributed by atoms with van der Waals surface area (Å²) in [6, 6.07) is 4.32. The molecule has 6 nitrogen and oxygen atoms in total. The SMILES string of the molecule is CCN(CC[NH2+]C)c1ccc(C(=O)Cl)c(N(CCOC)C(=O)C(F)(F)F)c1. The van der Waals surface area contributed by atoms with Gasteiger partial charge in [-0.1, -0.05) is 0 Å². The zero-order valence-electron chi connectivity index (χ0n) is 15.5. The summed E-state index contributed by atoms with van der Waals surface area (Å²) < 4.78 is 44.0. The Labute approximate surface area is 161 Å². The molecule has 0 radical (unpaired) electrons. The molecular weight excluding hydrogens is 387 g/mol. The second kappa shape index (κ2) is 10.5. The molecule has 1 aromatic carbocycles. The van der Waals surface area contributed by atoms with Crippen LogP contribution in [0.2, 0.25) is 0 Å². The average molecular weight is 411 g/mol. The van der Waals surface area contributed by atoms with E-state index in [9.17, 15) is 22.8 Å². The molecule has 0 aliphatic rings. The number of rotatable bonds is 10. The van der Waals surface area contributed by atoms with E-state index in [0.29, 0.717) is 23.7 Å². The van der Waals surface area contributed by atoms with Crippen LogP contribution in [0.3, 0.4) is 0 Å². The van der Waals surface area contributed by atoms with Crippen LogP contribution < -0.4 is 15.1 Å². The van der Waals surface area contributed by atoms with Gasteiger partial charge in [-0.05, 0) is 36.7 Å². The highest BCUT2D eigenvalue weighted by Gasteiger charge is 2.43. The zero-order valence-corrected chi connectivity index (χ0v) is 16.2. The van der Waals surface area contributed by atoms with Crippen LogP contribution in [0.15, 0.2) is 18.2 Å². The molecule has 0 saturated heterocycles. The largest absolute Gasteiger partial charge is 0.471 e. The summed E-state index contributed by atoms with van der Waals surface area (Å²) in [5, 5.41) is 1.03. The lowest BCUT2D eigenvalue weighted by atomic mass is 10.1. The fourth-order valence-corrected chi connectivity index (χ4v) is 2.69. The number of carbonyl (C=O) groups is 2. The molecule has 1 aromatic rings. The van der Waals surface area contributed by atoms with Gasteiger partial charge >= 0.3 is 12.1 Å². The van der Waals surface area contributed by atoms with E-state index in [-0.39, 0.29) is 24.4 Å². The minimum absolute atomic E-state index is 0.135. The number of methoxy groups -OCH3 is 1. The van der Waals surface area contributed by atoms with Crippen LogP contribution in [0.1, 0.15) is 17.3 Å². The van der Waals surface area contributed by atoms with Crippen molar-refractivity contribution in [3.05, 3.63) is 23.8 Å². The second-order valence-corrected chi connectivity index (χ2v) is 6.04. The molecule has 0 saturated carbocycles. The summed E-state index contributed by atoms with van der Waals surface area (Å²) in [6.45, 7) is 3.42. The number of carbonyl (C=O) groups excluding carboxylic acids is 2. The number of halogens is 4. The molecule has 27 heavy (non-hydrogen) atoms. The van der Waals surface area contributed by atoms with Gasteiger partial charge in [-0.2, -0.15) is 13.2 Å². The maximum atomic E-state index is 13.1. The molecule has 1 amide bonds. The van der Waals surface area contributed by atoms with E-state index in [1.165, 1.54) is 19.2 Å². The van der Waals surface area contributed by atoms with Crippen LogP contribution >= 0.6 is 11.6 Å². The Hall–Kier alpha value is -1.84. The smallest absolute Gasteiger partial charge is 0.383 e. The highest BCUT2D eigenvalue weighted by Crippen LogP contribution is 2.31. The summed E-state index contributed by atoms with van der Waals surface area (Å²) in [7, 11) is 3.21. The van der Waals surface area contributed by atoms with Crippen molar-refractivity contribution in [3.8, 4) is 0 Å². The van der Waals surface area contributed by atoms with Crippen LogP contribution in [0.4, 0.5) is 24.5 Å². The molecule has 1 rings (SSSR count). The lowest BCUT2D eigenvalue weighted by Crippen LogP contribution is -2.81. The third-order valence-electron chi connectivity index (χ3n) is 3.93. The number of alkyl halides is 3. The number of nitrogens with two attached hydrogens (primary N) is 1. The highest BCUT2D eigenvalue weighted by molar-refractivity contribution is 6.68. The predicted molar refractivity (Wildman–Crippen MR) is 97.5 cm³/mol. The summed E-state index contributed by atoms with van der Waals surface area (Å²) in [4.78, 5) is 26.1. The first-order valence-electron chi connectivity index (χ1n) is 8.41. The second-order valence-electron chi connectivity index (χ2n) is 5.70. The number of amides is 1. The van der Waals surface area contributed by atoms with Gasteiger partial charge in [0.1, 0.15) is 0 Å². The minimum Gasteiger partial charge on any atom is -0.383 e. The van der Waals surface area contributed by atoms with Crippen molar-refractivity contribution in [2.45, 2.75) is 13.1 Å². The molecule has 2 N–H and O–H groups in total. The van der Waals surface area contributed by atoms with E-state index in [1.54, 1.807) is 6.07 Å². The Morgan fingerprint density at radius 2 is 1.93 bits per heavy atom. The topological polar surface area (TPSA) is 66.5 Å². The van der Waals surface area contributed by atoms with Crippen molar-refractivity contribution in [1.82, 2.24) is 0 Å². The fourth-order valence-electron chi connectivity index (χ4n) is 2.53. The molecule has 0 fully saturated rings. The van der Waals surface area contributed by atoms with Gasteiger partial charge < -0.3 is 19.9 Å². The van der Waals surface area contributed by atoms with Crippen LogP contribution in [0, 0.1) is 0 Å². The van der Waals surface area contributed by atoms with E-state index in [0.717, 1.165) is 6.54 Å². The molecule has 0 aliphatic heterocycles. The van der Waals surface area contributed by atoms with Gasteiger partial charge in [0.2, 0.25) is 0 Å². The van der Waals surface area contributed by atoms with Gasteiger partial charge in [0.05, 0.1) is 38.0 Å². The van der Waals surface area contributed by atoms with Gasteiger partial charge in [-0.3, -0.25) is 9.59 Å². The molecular formula is C17H24ClF3N3O3+. The number of nitrogens with zero attached hydrogens (tertiary/aromatic N) is 2. The van der Waals surface area contributed by atoms with Crippen molar-refractivity contribution in [2.75, 3.05) is 56.7 Å². The minimum atomic E-state index is -5.10. The number of hydrogen-bond donors (Lipinski definition) is 1. The third kappa shape index (κ3) is 6.37. The lowest BCUT2D eigenvalue weighted by Gasteiger charge is -2.28. The van der Waals surface area contributed by atoms with E-state index in [2.05, 4.69) is 0 Å². The van der Waals surface area contributed by atoms with Crippen molar-refractivity contribution in [2.24, 2.45) is 0 Å². The normalized spacial score (nSPS) is 11.4. The van der Waals surface area contributed by atoms with Crippen LogP contribution in [-0.4, -0.2) is 64.3 Å². The maximum Gasteiger partial charge on any atom is 0.471 e. The summed E-state index contributed by atoms with van der Waals surface area (Å²) >= 11 is 5.55. The lowest BCUT2D eigenvalue weighted by molar-refractivity contribution is -0.624. The van der Waals surface area contributed by atoms with Crippen molar-refractivity contribution < 1.29 is 32.8 Å². The van der Waals surface area contributed by atoms with Crippen molar-refractivity contribution >= 4 is 34.1 Å². The molecule has 0 unspecified atom stereocenters. The van der Waals surface area contributed by atoms with Gasteiger partial charge in [0, 0.05) is 25.9 Å². The third-order valence-corrected chi connectivity index (χ3v) is 4.13. The predicted octanol–water partition coefficient (Wildman–Crippen LogP) is 1.63. The molecule has 0 aromatic heterocycles. The average Bonchev–Trinajstić information content (AvgIpc) is 2.61. The number of benzene rings is 1. The Morgan fingerprint density at radius 3 is 2.41 bits per heavy atom. The van der Waals surface area contributed by atoms with Gasteiger partial charge in [0.25, 0.3) is 5.24 Å².